The third-order valence-corrected chi connectivity index (χ3v) is 4.08. The summed E-state index contributed by atoms with van der Waals surface area (Å²) >= 11 is 2.00. The standard InChI is InChI=1S/C13H19NOS/c1-10-7-8-16-13(14-10)12-5-3-11(4-6-12)9-15-2/h3-6,10,13-14H,7-9H2,1-2H3. The van der Waals surface area contributed by atoms with Crippen LogP contribution in [0.4, 0.5) is 0 Å². The first kappa shape index (κ1) is 12.0. The Bertz CT molecular complexity index is 325. The first-order chi connectivity index (χ1) is 7.79. The Morgan fingerprint density at radius 2 is 2.12 bits per heavy atom. The molecule has 0 aromatic heterocycles. The van der Waals surface area contributed by atoms with Crippen molar-refractivity contribution in [1.82, 2.24) is 5.32 Å². The van der Waals surface area contributed by atoms with Gasteiger partial charge in [0, 0.05) is 13.2 Å². The molecular weight excluding hydrogens is 218 g/mol. The third-order valence-electron chi connectivity index (χ3n) is 2.86. The number of hydrogen-bond acceptors (Lipinski definition) is 3. The minimum atomic E-state index is 0.459. The number of thioether (sulfide) groups is 1. The summed E-state index contributed by atoms with van der Waals surface area (Å²) in [6.07, 6.45) is 1.27. The lowest BCUT2D eigenvalue weighted by atomic mass is 10.1. The molecule has 0 saturated carbocycles. The van der Waals surface area contributed by atoms with Gasteiger partial charge < -0.3 is 4.74 Å². The van der Waals surface area contributed by atoms with E-state index in [0.29, 0.717) is 18.0 Å². The maximum absolute atomic E-state index is 5.11. The van der Waals surface area contributed by atoms with Crippen molar-refractivity contribution in [3.05, 3.63) is 35.4 Å². The van der Waals surface area contributed by atoms with E-state index >= 15 is 0 Å². The Morgan fingerprint density at radius 3 is 2.75 bits per heavy atom. The van der Waals surface area contributed by atoms with Crippen molar-refractivity contribution in [2.24, 2.45) is 0 Å². The van der Waals surface area contributed by atoms with E-state index < -0.39 is 0 Å². The molecule has 0 amide bonds. The summed E-state index contributed by atoms with van der Waals surface area (Å²) in [5, 5.41) is 4.07. The van der Waals surface area contributed by atoms with Crippen LogP contribution in [0.2, 0.25) is 0 Å². The van der Waals surface area contributed by atoms with E-state index in [1.165, 1.54) is 23.3 Å². The van der Waals surface area contributed by atoms with Crippen LogP contribution in [0.25, 0.3) is 0 Å². The molecule has 1 fully saturated rings. The van der Waals surface area contributed by atoms with Crippen LogP contribution in [0.15, 0.2) is 24.3 Å². The Hall–Kier alpha value is -0.510. The van der Waals surface area contributed by atoms with Gasteiger partial charge in [-0.2, -0.15) is 0 Å². The van der Waals surface area contributed by atoms with Gasteiger partial charge in [-0.05, 0) is 30.2 Å². The van der Waals surface area contributed by atoms with Gasteiger partial charge in [-0.15, -0.1) is 11.8 Å². The SMILES string of the molecule is COCc1ccc(C2NC(C)CCS2)cc1. The van der Waals surface area contributed by atoms with Crippen LogP contribution in [0.1, 0.15) is 29.8 Å². The van der Waals surface area contributed by atoms with Gasteiger partial charge in [0.2, 0.25) is 0 Å². The number of nitrogens with one attached hydrogen (secondary N) is 1. The molecule has 1 heterocycles. The van der Waals surface area contributed by atoms with Gasteiger partial charge in [0.05, 0.1) is 12.0 Å². The minimum absolute atomic E-state index is 0.459. The van der Waals surface area contributed by atoms with E-state index in [0.717, 1.165) is 0 Å². The number of ether oxygens (including phenoxy) is 1. The molecule has 88 valence electrons. The van der Waals surface area contributed by atoms with Crippen LogP contribution in [0, 0.1) is 0 Å². The normalized spacial score (nSPS) is 25.6. The summed E-state index contributed by atoms with van der Waals surface area (Å²) in [5.41, 5.74) is 2.61. The minimum Gasteiger partial charge on any atom is -0.380 e. The van der Waals surface area contributed by atoms with Crippen LogP contribution in [0.3, 0.4) is 0 Å². The Kier molecular flexibility index (Phi) is 4.27. The smallest absolute Gasteiger partial charge is 0.0791 e. The highest BCUT2D eigenvalue weighted by Crippen LogP contribution is 2.31. The van der Waals surface area contributed by atoms with E-state index in [-0.39, 0.29) is 0 Å². The fourth-order valence-electron chi connectivity index (χ4n) is 1.90. The van der Waals surface area contributed by atoms with Gasteiger partial charge in [-0.25, -0.2) is 0 Å². The molecule has 1 aliphatic heterocycles. The van der Waals surface area contributed by atoms with Crippen molar-refractivity contribution in [2.45, 2.75) is 31.4 Å². The molecule has 1 aliphatic rings. The summed E-state index contributed by atoms with van der Waals surface area (Å²) in [6, 6.07) is 9.35. The second kappa shape index (κ2) is 5.71. The maximum atomic E-state index is 5.11. The van der Waals surface area contributed by atoms with Gasteiger partial charge in [-0.1, -0.05) is 24.3 Å². The lowest BCUT2D eigenvalue weighted by Gasteiger charge is -2.28. The highest BCUT2D eigenvalue weighted by atomic mass is 32.2. The Balaban J connectivity index is 2.03. The molecule has 1 saturated heterocycles. The molecule has 2 atom stereocenters. The molecule has 0 spiro atoms. The lowest BCUT2D eigenvalue weighted by molar-refractivity contribution is 0.185. The van der Waals surface area contributed by atoms with Crippen molar-refractivity contribution in [3.63, 3.8) is 0 Å². The van der Waals surface area contributed by atoms with Crippen LogP contribution in [-0.4, -0.2) is 18.9 Å². The molecule has 3 heteroatoms. The first-order valence-corrected chi connectivity index (χ1v) is 6.80. The predicted octanol–water partition coefficient (Wildman–Crippen LogP) is 2.95. The molecule has 0 bridgehead atoms. The first-order valence-electron chi connectivity index (χ1n) is 5.75. The van der Waals surface area contributed by atoms with Gasteiger partial charge in [-0.3, -0.25) is 5.32 Å². The third kappa shape index (κ3) is 3.00. The molecule has 0 aliphatic carbocycles. The van der Waals surface area contributed by atoms with E-state index in [1.807, 2.05) is 11.8 Å². The molecule has 1 N–H and O–H groups in total. The van der Waals surface area contributed by atoms with Crippen LogP contribution < -0.4 is 5.32 Å². The van der Waals surface area contributed by atoms with Crippen LogP contribution >= 0.6 is 11.8 Å². The van der Waals surface area contributed by atoms with Gasteiger partial charge in [0.25, 0.3) is 0 Å². The fraction of sp³-hybridized carbons (Fsp3) is 0.538. The number of methoxy groups -OCH3 is 1. The largest absolute Gasteiger partial charge is 0.380 e. The molecule has 1 aromatic carbocycles. The summed E-state index contributed by atoms with van der Waals surface area (Å²) in [5.74, 6) is 1.25. The summed E-state index contributed by atoms with van der Waals surface area (Å²) in [6.45, 7) is 2.95. The second-order valence-electron chi connectivity index (χ2n) is 4.28. The Morgan fingerprint density at radius 1 is 1.38 bits per heavy atom. The zero-order valence-electron chi connectivity index (χ0n) is 9.90. The molecule has 2 nitrogen and oxygen atoms in total. The van der Waals surface area contributed by atoms with Gasteiger partial charge >= 0.3 is 0 Å². The number of hydrogen-bond donors (Lipinski definition) is 1. The van der Waals surface area contributed by atoms with E-state index in [9.17, 15) is 0 Å². The molecular formula is C13H19NOS. The fourth-order valence-corrected chi connectivity index (χ4v) is 3.30. The molecule has 16 heavy (non-hydrogen) atoms. The maximum Gasteiger partial charge on any atom is 0.0791 e. The van der Waals surface area contributed by atoms with Gasteiger partial charge in [0.1, 0.15) is 0 Å². The van der Waals surface area contributed by atoms with E-state index in [4.69, 9.17) is 4.74 Å². The van der Waals surface area contributed by atoms with Crippen molar-refractivity contribution >= 4 is 11.8 Å². The molecule has 2 rings (SSSR count). The zero-order valence-corrected chi connectivity index (χ0v) is 10.7. The van der Waals surface area contributed by atoms with Crippen molar-refractivity contribution in [3.8, 4) is 0 Å². The molecule has 1 aromatic rings. The topological polar surface area (TPSA) is 21.3 Å². The summed E-state index contributed by atoms with van der Waals surface area (Å²) in [4.78, 5) is 0. The summed E-state index contributed by atoms with van der Waals surface area (Å²) in [7, 11) is 1.73. The van der Waals surface area contributed by atoms with Gasteiger partial charge in [0.15, 0.2) is 0 Å². The summed E-state index contributed by atoms with van der Waals surface area (Å²) < 4.78 is 5.11. The number of rotatable bonds is 3. The van der Waals surface area contributed by atoms with Crippen molar-refractivity contribution < 1.29 is 4.74 Å². The Labute approximate surface area is 102 Å². The second-order valence-corrected chi connectivity index (χ2v) is 5.49. The van der Waals surface area contributed by atoms with Crippen molar-refractivity contribution in [1.29, 1.82) is 0 Å². The number of benzene rings is 1. The average molecular weight is 237 g/mol. The zero-order chi connectivity index (χ0) is 11.4. The van der Waals surface area contributed by atoms with Crippen LogP contribution in [0.5, 0.6) is 0 Å². The van der Waals surface area contributed by atoms with E-state index in [2.05, 4.69) is 36.5 Å². The van der Waals surface area contributed by atoms with Crippen molar-refractivity contribution in [2.75, 3.05) is 12.9 Å². The molecule has 2 unspecified atom stereocenters. The predicted molar refractivity (Wildman–Crippen MR) is 69.6 cm³/mol. The average Bonchev–Trinajstić information content (AvgIpc) is 2.30. The lowest BCUT2D eigenvalue weighted by Crippen LogP contribution is -2.33. The highest BCUT2D eigenvalue weighted by molar-refractivity contribution is 7.99. The molecule has 0 radical (unpaired) electrons. The monoisotopic (exact) mass is 237 g/mol. The highest BCUT2D eigenvalue weighted by Gasteiger charge is 2.19. The van der Waals surface area contributed by atoms with Crippen LogP contribution in [-0.2, 0) is 11.3 Å². The quantitative estimate of drug-likeness (QED) is 0.873. The van der Waals surface area contributed by atoms with E-state index in [1.54, 1.807) is 7.11 Å².